The molecule has 0 saturated carbocycles. The number of carbonyl (C=O) groups excluding carboxylic acids is 1. The van der Waals surface area contributed by atoms with Gasteiger partial charge in [0.1, 0.15) is 5.01 Å². The number of anilines is 1. The number of para-hydroxylation sites is 2. The second-order valence-electron chi connectivity index (χ2n) is 5.62. The maximum atomic E-state index is 13.0. The first-order chi connectivity index (χ1) is 12.8. The van der Waals surface area contributed by atoms with Crippen LogP contribution in [0.25, 0.3) is 10.2 Å². The topological polar surface area (TPSA) is 54.4 Å². The number of nitrogens with one attached hydrogen (secondary N) is 1. The van der Waals surface area contributed by atoms with E-state index in [0.717, 1.165) is 15.9 Å². The molecule has 1 heterocycles. The molecule has 0 amide bonds. The molecule has 0 aliphatic carbocycles. The lowest BCUT2D eigenvalue weighted by molar-refractivity contribution is 0.106. The molecule has 0 aliphatic rings. The van der Waals surface area contributed by atoms with Crippen LogP contribution in [0.1, 0.15) is 15.4 Å². The number of hydrogen-bond donors (Lipinski definition) is 1. The van der Waals surface area contributed by atoms with Crippen molar-refractivity contribution in [2.24, 2.45) is 5.10 Å². The van der Waals surface area contributed by atoms with Crippen LogP contribution < -0.4 is 5.43 Å². The minimum atomic E-state index is -0.159. The number of rotatable bonds is 5. The Morgan fingerprint density at radius 2 is 1.50 bits per heavy atom. The highest BCUT2D eigenvalue weighted by Crippen LogP contribution is 2.23. The fourth-order valence-corrected chi connectivity index (χ4v) is 3.48. The quantitative estimate of drug-likeness (QED) is 0.311. The van der Waals surface area contributed by atoms with Crippen molar-refractivity contribution in [3.05, 3.63) is 95.5 Å². The van der Waals surface area contributed by atoms with Gasteiger partial charge in [0.15, 0.2) is 5.71 Å². The summed E-state index contributed by atoms with van der Waals surface area (Å²) in [6.45, 7) is 0. The molecule has 0 atom stereocenters. The van der Waals surface area contributed by atoms with Crippen LogP contribution in [0.2, 0.25) is 0 Å². The molecule has 0 fully saturated rings. The third kappa shape index (κ3) is 3.38. The SMILES string of the molecule is O=C(/C(=N\Nc1ccccc1)c1nc2ccccc2s1)c1ccccc1. The summed E-state index contributed by atoms with van der Waals surface area (Å²) in [5.74, 6) is -0.159. The van der Waals surface area contributed by atoms with Crippen LogP contribution in [0, 0.1) is 0 Å². The summed E-state index contributed by atoms with van der Waals surface area (Å²) in [6, 6.07) is 26.5. The lowest BCUT2D eigenvalue weighted by Crippen LogP contribution is -2.17. The van der Waals surface area contributed by atoms with Crippen molar-refractivity contribution in [3.8, 4) is 0 Å². The maximum absolute atomic E-state index is 13.0. The Balaban J connectivity index is 1.76. The third-order valence-electron chi connectivity index (χ3n) is 3.82. The standard InChI is InChI=1S/C21H15N3OS/c25-20(15-9-3-1-4-10-15)19(24-23-16-11-5-2-6-12-16)21-22-17-13-7-8-14-18(17)26-21/h1-14,23H/b24-19+. The Hall–Kier alpha value is -3.31. The first-order valence-electron chi connectivity index (χ1n) is 8.16. The van der Waals surface area contributed by atoms with E-state index in [2.05, 4.69) is 15.5 Å². The molecule has 0 bridgehead atoms. The Bertz CT molecular complexity index is 1040. The number of benzene rings is 3. The van der Waals surface area contributed by atoms with Crippen molar-refractivity contribution in [2.75, 3.05) is 5.43 Å². The summed E-state index contributed by atoms with van der Waals surface area (Å²) in [7, 11) is 0. The highest BCUT2D eigenvalue weighted by atomic mass is 32.1. The molecule has 1 aromatic heterocycles. The minimum Gasteiger partial charge on any atom is -0.287 e. The van der Waals surface area contributed by atoms with Crippen LogP contribution in [-0.4, -0.2) is 16.5 Å². The van der Waals surface area contributed by atoms with E-state index in [4.69, 9.17) is 0 Å². The summed E-state index contributed by atoms with van der Waals surface area (Å²) in [4.78, 5) is 17.6. The number of thiazole rings is 1. The van der Waals surface area contributed by atoms with Gasteiger partial charge in [-0.1, -0.05) is 60.7 Å². The smallest absolute Gasteiger partial charge is 0.216 e. The number of hydrazone groups is 1. The molecular formula is C21H15N3OS. The molecule has 0 saturated heterocycles. The summed E-state index contributed by atoms with van der Waals surface area (Å²) >= 11 is 1.46. The Morgan fingerprint density at radius 1 is 0.846 bits per heavy atom. The number of hydrogen-bond acceptors (Lipinski definition) is 5. The number of carbonyl (C=O) groups is 1. The van der Waals surface area contributed by atoms with E-state index in [0.29, 0.717) is 16.3 Å². The van der Waals surface area contributed by atoms with Crippen LogP contribution in [0.15, 0.2) is 90.0 Å². The van der Waals surface area contributed by atoms with Gasteiger partial charge in [0, 0.05) is 5.56 Å². The molecule has 4 nitrogen and oxygen atoms in total. The molecule has 1 N–H and O–H groups in total. The van der Waals surface area contributed by atoms with E-state index in [1.165, 1.54) is 11.3 Å². The van der Waals surface area contributed by atoms with Crippen LogP contribution >= 0.6 is 11.3 Å². The van der Waals surface area contributed by atoms with Gasteiger partial charge in [0.2, 0.25) is 5.78 Å². The largest absolute Gasteiger partial charge is 0.287 e. The first-order valence-corrected chi connectivity index (χ1v) is 8.97. The maximum Gasteiger partial charge on any atom is 0.216 e. The van der Waals surface area contributed by atoms with Crippen molar-refractivity contribution in [1.82, 2.24) is 4.98 Å². The fraction of sp³-hybridized carbons (Fsp3) is 0. The van der Waals surface area contributed by atoms with Crippen molar-refractivity contribution >= 4 is 38.7 Å². The molecule has 4 aromatic rings. The van der Waals surface area contributed by atoms with Crippen LogP contribution in [-0.2, 0) is 0 Å². The number of fused-ring (bicyclic) bond motifs is 1. The average Bonchev–Trinajstić information content (AvgIpc) is 3.13. The van der Waals surface area contributed by atoms with Crippen LogP contribution in [0.5, 0.6) is 0 Å². The Morgan fingerprint density at radius 3 is 2.23 bits per heavy atom. The summed E-state index contributed by atoms with van der Waals surface area (Å²) < 4.78 is 1.02. The zero-order valence-electron chi connectivity index (χ0n) is 13.8. The van der Waals surface area contributed by atoms with Gasteiger partial charge in [0.25, 0.3) is 0 Å². The number of aromatic nitrogens is 1. The van der Waals surface area contributed by atoms with Crippen molar-refractivity contribution in [3.63, 3.8) is 0 Å². The van der Waals surface area contributed by atoms with E-state index >= 15 is 0 Å². The molecule has 3 aromatic carbocycles. The summed E-state index contributed by atoms with van der Waals surface area (Å²) in [6.07, 6.45) is 0. The predicted octanol–water partition coefficient (Wildman–Crippen LogP) is 5.00. The predicted molar refractivity (Wildman–Crippen MR) is 107 cm³/mol. The fourth-order valence-electron chi connectivity index (χ4n) is 2.53. The molecule has 0 unspecified atom stereocenters. The highest BCUT2D eigenvalue weighted by Gasteiger charge is 2.20. The second-order valence-corrected chi connectivity index (χ2v) is 6.65. The lowest BCUT2D eigenvalue weighted by Gasteiger charge is -2.05. The van der Waals surface area contributed by atoms with Gasteiger partial charge in [-0.3, -0.25) is 10.2 Å². The van der Waals surface area contributed by atoms with Gasteiger partial charge in [-0.25, -0.2) is 4.98 Å². The molecule has 0 aliphatic heterocycles. The average molecular weight is 357 g/mol. The van der Waals surface area contributed by atoms with E-state index in [-0.39, 0.29) is 5.78 Å². The van der Waals surface area contributed by atoms with Crippen LogP contribution in [0.4, 0.5) is 5.69 Å². The van der Waals surface area contributed by atoms with Gasteiger partial charge in [-0.15, -0.1) is 11.3 Å². The van der Waals surface area contributed by atoms with E-state index < -0.39 is 0 Å². The normalized spacial score (nSPS) is 11.5. The zero-order valence-corrected chi connectivity index (χ0v) is 14.6. The molecule has 0 spiro atoms. The second kappa shape index (κ2) is 7.29. The van der Waals surface area contributed by atoms with Gasteiger partial charge in [-0.05, 0) is 24.3 Å². The summed E-state index contributed by atoms with van der Waals surface area (Å²) in [5, 5.41) is 5.00. The Labute approximate surface area is 154 Å². The zero-order chi connectivity index (χ0) is 17.8. The number of ketones is 1. The van der Waals surface area contributed by atoms with Crippen molar-refractivity contribution in [2.45, 2.75) is 0 Å². The van der Waals surface area contributed by atoms with Gasteiger partial charge in [-0.2, -0.15) is 5.10 Å². The lowest BCUT2D eigenvalue weighted by atomic mass is 10.1. The van der Waals surface area contributed by atoms with E-state index in [1.807, 2.05) is 72.8 Å². The monoisotopic (exact) mass is 357 g/mol. The molecule has 26 heavy (non-hydrogen) atoms. The minimum absolute atomic E-state index is 0.159. The molecular weight excluding hydrogens is 342 g/mol. The molecule has 126 valence electrons. The highest BCUT2D eigenvalue weighted by molar-refractivity contribution is 7.21. The molecule has 0 radical (unpaired) electrons. The van der Waals surface area contributed by atoms with Gasteiger partial charge >= 0.3 is 0 Å². The summed E-state index contributed by atoms with van der Waals surface area (Å²) in [5.41, 5.74) is 5.54. The third-order valence-corrected chi connectivity index (χ3v) is 4.86. The Kier molecular flexibility index (Phi) is 4.53. The number of Topliss-reactive ketones (excluding diaryl/α,β-unsaturated/α-hetero) is 1. The van der Waals surface area contributed by atoms with Gasteiger partial charge in [0.05, 0.1) is 15.9 Å². The van der Waals surface area contributed by atoms with Crippen molar-refractivity contribution in [1.29, 1.82) is 0 Å². The number of nitrogens with zero attached hydrogens (tertiary/aromatic N) is 2. The van der Waals surface area contributed by atoms with E-state index in [1.54, 1.807) is 12.1 Å². The van der Waals surface area contributed by atoms with Crippen LogP contribution in [0.3, 0.4) is 0 Å². The first kappa shape index (κ1) is 16.2. The van der Waals surface area contributed by atoms with Crippen molar-refractivity contribution < 1.29 is 4.79 Å². The molecule has 4 rings (SSSR count). The van der Waals surface area contributed by atoms with E-state index in [9.17, 15) is 4.79 Å². The molecule has 5 heteroatoms. The van der Waals surface area contributed by atoms with Gasteiger partial charge < -0.3 is 0 Å².